The molecule has 0 aliphatic carbocycles. The lowest BCUT2D eigenvalue weighted by Gasteiger charge is -2.16. The van der Waals surface area contributed by atoms with Gasteiger partial charge in [-0.1, -0.05) is 17.7 Å². The molecule has 118 valence electrons. The molecule has 0 amide bonds. The molecule has 9 heteroatoms. The minimum atomic E-state index is -4.67. The Bertz CT molecular complexity index is 512. The van der Waals surface area contributed by atoms with E-state index in [1.54, 1.807) is 12.1 Å². The molecule has 1 saturated heterocycles. The van der Waals surface area contributed by atoms with Gasteiger partial charge >= 0.3 is 7.82 Å². The summed E-state index contributed by atoms with van der Waals surface area (Å²) in [6.45, 7) is 1.35. The topological polar surface area (TPSA) is 126 Å². The number of benzene rings is 1. The van der Waals surface area contributed by atoms with Crippen LogP contribution in [0.3, 0.4) is 0 Å². The average molecular weight is 320 g/mol. The van der Waals surface area contributed by atoms with Crippen molar-refractivity contribution in [2.75, 3.05) is 6.61 Å². The highest BCUT2D eigenvalue weighted by Crippen LogP contribution is 2.37. The van der Waals surface area contributed by atoms with E-state index in [4.69, 9.17) is 19.3 Å². The molecule has 4 atom stereocenters. The summed E-state index contributed by atoms with van der Waals surface area (Å²) in [5.74, 6) is 0.438. The van der Waals surface area contributed by atoms with Gasteiger partial charge < -0.3 is 29.5 Å². The van der Waals surface area contributed by atoms with E-state index in [1.165, 1.54) is 0 Å². The maximum atomic E-state index is 10.6. The Morgan fingerprint density at radius 1 is 1.19 bits per heavy atom. The van der Waals surface area contributed by atoms with Crippen LogP contribution in [-0.4, -0.2) is 51.2 Å². The normalized spacial score (nSPS) is 29.6. The molecule has 0 aromatic heterocycles. The van der Waals surface area contributed by atoms with Crippen molar-refractivity contribution in [3.63, 3.8) is 0 Å². The van der Waals surface area contributed by atoms with Crippen LogP contribution >= 0.6 is 7.82 Å². The fraction of sp³-hybridized carbons (Fsp3) is 0.500. The van der Waals surface area contributed by atoms with Crippen LogP contribution in [0.1, 0.15) is 5.56 Å². The lowest BCUT2D eigenvalue weighted by atomic mass is 10.1. The Kier molecular flexibility index (Phi) is 5.00. The predicted octanol–water partition coefficient (Wildman–Crippen LogP) is -0.0702. The van der Waals surface area contributed by atoms with Gasteiger partial charge in [0, 0.05) is 0 Å². The molecule has 0 unspecified atom stereocenters. The summed E-state index contributed by atoms with van der Waals surface area (Å²) in [6, 6.07) is 6.97. The fourth-order valence-corrected chi connectivity index (χ4v) is 2.21. The Labute approximate surface area is 121 Å². The van der Waals surface area contributed by atoms with Crippen molar-refractivity contribution in [1.29, 1.82) is 0 Å². The molecule has 2 rings (SSSR count). The SMILES string of the molecule is Cc1ccc(O[C@H]2O[C@H](COP(=O)(O)O)[C@@H](O)[C@H]2O)cc1. The van der Waals surface area contributed by atoms with Crippen molar-refractivity contribution in [2.24, 2.45) is 0 Å². The van der Waals surface area contributed by atoms with Crippen LogP contribution in [-0.2, 0) is 13.8 Å². The highest BCUT2D eigenvalue weighted by atomic mass is 31.2. The first-order valence-corrected chi connectivity index (χ1v) is 7.74. The minimum Gasteiger partial charge on any atom is -0.462 e. The van der Waals surface area contributed by atoms with Gasteiger partial charge in [0.2, 0.25) is 6.29 Å². The Morgan fingerprint density at radius 2 is 1.81 bits per heavy atom. The minimum absolute atomic E-state index is 0.438. The molecule has 4 N–H and O–H groups in total. The molecule has 8 nitrogen and oxygen atoms in total. The largest absolute Gasteiger partial charge is 0.469 e. The van der Waals surface area contributed by atoms with Crippen molar-refractivity contribution >= 4 is 7.82 Å². The van der Waals surface area contributed by atoms with Gasteiger partial charge in [-0.15, -0.1) is 0 Å². The van der Waals surface area contributed by atoms with Crippen molar-refractivity contribution in [1.82, 2.24) is 0 Å². The van der Waals surface area contributed by atoms with E-state index >= 15 is 0 Å². The monoisotopic (exact) mass is 320 g/mol. The highest BCUT2D eigenvalue weighted by molar-refractivity contribution is 7.46. The van der Waals surface area contributed by atoms with Crippen LogP contribution in [0.5, 0.6) is 5.75 Å². The highest BCUT2D eigenvalue weighted by Gasteiger charge is 2.45. The van der Waals surface area contributed by atoms with Crippen LogP contribution in [0.15, 0.2) is 24.3 Å². The fourth-order valence-electron chi connectivity index (χ4n) is 1.87. The zero-order valence-corrected chi connectivity index (χ0v) is 12.1. The van der Waals surface area contributed by atoms with Crippen LogP contribution < -0.4 is 4.74 Å². The first-order chi connectivity index (χ1) is 9.76. The van der Waals surface area contributed by atoms with Gasteiger partial charge in [-0.25, -0.2) is 4.57 Å². The molecule has 1 fully saturated rings. The first kappa shape index (κ1) is 16.4. The number of hydrogen-bond donors (Lipinski definition) is 4. The van der Waals surface area contributed by atoms with E-state index in [1.807, 2.05) is 19.1 Å². The number of phosphoric ester groups is 1. The van der Waals surface area contributed by atoms with Gasteiger partial charge in [0.15, 0.2) is 0 Å². The number of hydrogen-bond acceptors (Lipinski definition) is 6. The predicted molar refractivity (Wildman–Crippen MR) is 70.5 cm³/mol. The van der Waals surface area contributed by atoms with Crippen LogP contribution in [0.4, 0.5) is 0 Å². The maximum absolute atomic E-state index is 10.6. The smallest absolute Gasteiger partial charge is 0.462 e. The third-order valence-electron chi connectivity index (χ3n) is 3.00. The number of rotatable bonds is 5. The molecular formula is C12H17O8P. The van der Waals surface area contributed by atoms with Crippen molar-refractivity contribution in [3.8, 4) is 5.75 Å². The summed E-state index contributed by atoms with van der Waals surface area (Å²) in [6.07, 6.45) is -4.96. The Hall–Kier alpha value is -0.990. The molecule has 1 aromatic carbocycles. The third kappa shape index (κ3) is 4.49. The number of ether oxygens (including phenoxy) is 2. The molecule has 1 aliphatic heterocycles. The van der Waals surface area contributed by atoms with Crippen molar-refractivity contribution in [2.45, 2.75) is 31.5 Å². The summed E-state index contributed by atoms with van der Waals surface area (Å²) < 4.78 is 25.5. The number of aliphatic hydroxyl groups excluding tert-OH is 2. The molecule has 21 heavy (non-hydrogen) atoms. The molecule has 1 aromatic rings. The second-order valence-electron chi connectivity index (χ2n) is 4.74. The quantitative estimate of drug-likeness (QED) is 0.556. The first-order valence-electron chi connectivity index (χ1n) is 6.21. The Morgan fingerprint density at radius 3 is 2.38 bits per heavy atom. The number of phosphoric acid groups is 1. The molecule has 1 aliphatic rings. The van der Waals surface area contributed by atoms with Crippen LogP contribution in [0, 0.1) is 6.92 Å². The zero-order valence-electron chi connectivity index (χ0n) is 11.2. The van der Waals surface area contributed by atoms with Crippen LogP contribution in [0.2, 0.25) is 0 Å². The molecular weight excluding hydrogens is 303 g/mol. The lowest BCUT2D eigenvalue weighted by molar-refractivity contribution is -0.115. The van der Waals surface area contributed by atoms with Gasteiger partial charge in [-0.3, -0.25) is 4.52 Å². The summed E-state index contributed by atoms with van der Waals surface area (Å²) in [7, 11) is -4.67. The summed E-state index contributed by atoms with van der Waals surface area (Å²) in [5, 5.41) is 19.6. The van der Waals surface area contributed by atoms with Gasteiger partial charge in [-0.2, -0.15) is 0 Å². The average Bonchev–Trinajstić information content (AvgIpc) is 2.66. The standard InChI is InChI=1S/C12H17O8P/c1-7-2-4-8(5-3-7)19-12-11(14)10(13)9(20-12)6-18-21(15,16)17/h2-5,9-14H,6H2,1H3,(H2,15,16,17)/t9-,10-,11-,12+/m1/s1. The molecule has 0 bridgehead atoms. The molecule has 0 saturated carbocycles. The van der Waals surface area contributed by atoms with Gasteiger partial charge in [-0.05, 0) is 19.1 Å². The van der Waals surface area contributed by atoms with Gasteiger partial charge in [0.25, 0.3) is 0 Å². The van der Waals surface area contributed by atoms with Crippen LogP contribution in [0.25, 0.3) is 0 Å². The van der Waals surface area contributed by atoms with Crippen molar-refractivity contribution in [3.05, 3.63) is 29.8 Å². The summed E-state index contributed by atoms with van der Waals surface area (Å²) in [4.78, 5) is 17.2. The second kappa shape index (κ2) is 6.41. The van der Waals surface area contributed by atoms with Gasteiger partial charge in [0.1, 0.15) is 24.1 Å². The maximum Gasteiger partial charge on any atom is 0.469 e. The summed E-state index contributed by atoms with van der Waals surface area (Å²) >= 11 is 0. The van der Waals surface area contributed by atoms with Crippen molar-refractivity contribution < 1.29 is 38.6 Å². The molecule has 0 spiro atoms. The van der Waals surface area contributed by atoms with E-state index in [9.17, 15) is 14.8 Å². The van der Waals surface area contributed by atoms with E-state index in [-0.39, 0.29) is 0 Å². The van der Waals surface area contributed by atoms with E-state index in [2.05, 4.69) is 4.52 Å². The number of aliphatic hydroxyl groups is 2. The van der Waals surface area contributed by atoms with E-state index in [0.29, 0.717) is 5.75 Å². The van der Waals surface area contributed by atoms with E-state index in [0.717, 1.165) is 5.56 Å². The summed E-state index contributed by atoms with van der Waals surface area (Å²) in [5.41, 5.74) is 1.03. The third-order valence-corrected chi connectivity index (χ3v) is 3.48. The van der Waals surface area contributed by atoms with E-state index < -0.39 is 39.0 Å². The number of aryl methyl sites for hydroxylation is 1. The molecule has 0 radical (unpaired) electrons. The Balaban J connectivity index is 1.96. The second-order valence-corrected chi connectivity index (χ2v) is 5.98. The lowest BCUT2D eigenvalue weighted by Crippen LogP contribution is -2.35. The van der Waals surface area contributed by atoms with Gasteiger partial charge in [0.05, 0.1) is 6.61 Å². The zero-order chi connectivity index (χ0) is 15.6. The molecule has 1 heterocycles.